The van der Waals surface area contributed by atoms with Crippen molar-refractivity contribution in [1.82, 2.24) is 4.98 Å². The van der Waals surface area contributed by atoms with Crippen molar-refractivity contribution in [2.75, 3.05) is 13.2 Å². The van der Waals surface area contributed by atoms with Crippen molar-refractivity contribution in [1.29, 1.82) is 0 Å². The minimum absolute atomic E-state index is 0.540. The van der Waals surface area contributed by atoms with Gasteiger partial charge in [0.15, 0.2) is 0 Å². The van der Waals surface area contributed by atoms with Crippen molar-refractivity contribution in [2.24, 2.45) is 5.73 Å². The van der Waals surface area contributed by atoms with Crippen LogP contribution in [0.3, 0.4) is 0 Å². The van der Waals surface area contributed by atoms with Crippen LogP contribution in [0, 0.1) is 6.92 Å². The summed E-state index contributed by atoms with van der Waals surface area (Å²) in [5.41, 5.74) is 9.21. The van der Waals surface area contributed by atoms with Gasteiger partial charge in [0.25, 0.3) is 0 Å². The Hall–Kier alpha value is -1.87. The summed E-state index contributed by atoms with van der Waals surface area (Å²) < 4.78 is 5.77. The highest BCUT2D eigenvalue weighted by atomic mass is 16.5. The lowest BCUT2D eigenvalue weighted by molar-refractivity contribution is 0.322. The number of hydrogen-bond donors (Lipinski definition) is 1. The van der Waals surface area contributed by atoms with Gasteiger partial charge in [-0.15, -0.1) is 0 Å². The molecule has 0 saturated heterocycles. The Balaban J connectivity index is 2.09. The van der Waals surface area contributed by atoms with E-state index >= 15 is 0 Å². The Morgan fingerprint density at radius 2 is 1.89 bits per heavy atom. The molecular weight excluding hydrogens is 236 g/mol. The first-order valence-electron chi connectivity index (χ1n) is 6.61. The standard InChI is InChI=1S/C16H20N2O/c1-13-3-2-4-15(16(13)19-12-9-17)6-5-14-7-10-18-11-8-14/h2-4,7-8,10-11H,5-6,9,12,17H2,1H3. The molecule has 0 aliphatic rings. The smallest absolute Gasteiger partial charge is 0.125 e. The van der Waals surface area contributed by atoms with Crippen LogP contribution in [0.5, 0.6) is 5.75 Å². The Morgan fingerprint density at radius 3 is 2.63 bits per heavy atom. The second kappa shape index (κ2) is 6.90. The number of para-hydroxylation sites is 1. The van der Waals surface area contributed by atoms with Crippen LogP contribution in [0.4, 0.5) is 0 Å². The van der Waals surface area contributed by atoms with Gasteiger partial charge in [0, 0.05) is 18.9 Å². The number of pyridine rings is 1. The minimum Gasteiger partial charge on any atom is -0.492 e. The Kier molecular flexibility index (Phi) is 4.93. The third-order valence-corrected chi connectivity index (χ3v) is 3.09. The summed E-state index contributed by atoms with van der Waals surface area (Å²) >= 11 is 0. The summed E-state index contributed by atoms with van der Waals surface area (Å²) in [5, 5.41) is 0. The number of hydrogen-bond acceptors (Lipinski definition) is 3. The lowest BCUT2D eigenvalue weighted by Gasteiger charge is -2.13. The molecule has 0 fully saturated rings. The highest BCUT2D eigenvalue weighted by Gasteiger charge is 2.07. The maximum Gasteiger partial charge on any atom is 0.125 e. The Labute approximate surface area is 114 Å². The van der Waals surface area contributed by atoms with Crippen molar-refractivity contribution in [3.63, 3.8) is 0 Å². The van der Waals surface area contributed by atoms with E-state index < -0.39 is 0 Å². The van der Waals surface area contributed by atoms with Gasteiger partial charge in [-0.2, -0.15) is 0 Å². The maximum absolute atomic E-state index is 5.77. The van der Waals surface area contributed by atoms with Crippen LogP contribution < -0.4 is 10.5 Å². The average Bonchev–Trinajstić information content (AvgIpc) is 2.45. The van der Waals surface area contributed by atoms with E-state index in [0.29, 0.717) is 13.2 Å². The normalized spacial score (nSPS) is 10.4. The molecule has 2 rings (SSSR count). The van der Waals surface area contributed by atoms with E-state index in [1.165, 1.54) is 16.7 Å². The first-order chi connectivity index (χ1) is 9.31. The number of ether oxygens (including phenoxy) is 1. The predicted molar refractivity (Wildman–Crippen MR) is 77.4 cm³/mol. The third kappa shape index (κ3) is 3.80. The lowest BCUT2D eigenvalue weighted by atomic mass is 10.0. The maximum atomic E-state index is 5.77. The molecule has 0 atom stereocenters. The summed E-state index contributed by atoms with van der Waals surface area (Å²) in [6.07, 6.45) is 5.62. The molecule has 0 amide bonds. The molecule has 3 nitrogen and oxygen atoms in total. The van der Waals surface area contributed by atoms with E-state index in [4.69, 9.17) is 10.5 Å². The number of benzene rings is 1. The number of aromatic nitrogens is 1. The molecule has 0 spiro atoms. The number of nitrogens with zero attached hydrogens (tertiary/aromatic N) is 1. The highest BCUT2D eigenvalue weighted by Crippen LogP contribution is 2.24. The van der Waals surface area contributed by atoms with Gasteiger partial charge in [-0.05, 0) is 48.6 Å². The van der Waals surface area contributed by atoms with Crippen molar-refractivity contribution in [2.45, 2.75) is 19.8 Å². The highest BCUT2D eigenvalue weighted by molar-refractivity contribution is 5.41. The fraction of sp³-hybridized carbons (Fsp3) is 0.312. The van der Waals surface area contributed by atoms with Crippen LogP contribution in [-0.2, 0) is 12.8 Å². The van der Waals surface area contributed by atoms with Crippen LogP contribution in [0.25, 0.3) is 0 Å². The molecule has 0 radical (unpaired) electrons. The van der Waals surface area contributed by atoms with Crippen molar-refractivity contribution < 1.29 is 4.74 Å². The number of aryl methyl sites for hydroxylation is 3. The van der Waals surface area contributed by atoms with Crippen molar-refractivity contribution >= 4 is 0 Å². The topological polar surface area (TPSA) is 48.1 Å². The van der Waals surface area contributed by atoms with Crippen LogP contribution in [0.1, 0.15) is 16.7 Å². The molecular formula is C16H20N2O. The first-order valence-corrected chi connectivity index (χ1v) is 6.61. The molecule has 0 unspecified atom stereocenters. The largest absolute Gasteiger partial charge is 0.492 e. The third-order valence-electron chi connectivity index (χ3n) is 3.09. The summed E-state index contributed by atoms with van der Waals surface area (Å²) in [4.78, 5) is 4.03. The summed E-state index contributed by atoms with van der Waals surface area (Å²) in [7, 11) is 0. The van der Waals surface area contributed by atoms with Gasteiger partial charge in [0.2, 0.25) is 0 Å². The van der Waals surface area contributed by atoms with Gasteiger partial charge < -0.3 is 10.5 Å². The van der Waals surface area contributed by atoms with Gasteiger partial charge >= 0.3 is 0 Å². The van der Waals surface area contributed by atoms with Crippen LogP contribution in [0.15, 0.2) is 42.7 Å². The molecule has 2 N–H and O–H groups in total. The van der Waals surface area contributed by atoms with Gasteiger partial charge in [-0.3, -0.25) is 4.98 Å². The number of rotatable bonds is 6. The van der Waals surface area contributed by atoms with E-state index in [1.54, 1.807) is 0 Å². The first kappa shape index (κ1) is 13.6. The van der Waals surface area contributed by atoms with Gasteiger partial charge in [0.05, 0.1) is 0 Å². The predicted octanol–water partition coefficient (Wildman–Crippen LogP) is 2.51. The van der Waals surface area contributed by atoms with E-state index in [-0.39, 0.29) is 0 Å². The van der Waals surface area contributed by atoms with Crippen LogP contribution >= 0.6 is 0 Å². The van der Waals surface area contributed by atoms with E-state index in [2.05, 4.69) is 42.2 Å². The molecule has 0 bridgehead atoms. The molecule has 3 heteroatoms. The van der Waals surface area contributed by atoms with E-state index in [0.717, 1.165) is 18.6 Å². The minimum atomic E-state index is 0.540. The quantitative estimate of drug-likeness (QED) is 0.864. The fourth-order valence-electron chi connectivity index (χ4n) is 2.11. The van der Waals surface area contributed by atoms with E-state index in [9.17, 15) is 0 Å². The molecule has 0 saturated carbocycles. The molecule has 1 heterocycles. The summed E-state index contributed by atoms with van der Waals surface area (Å²) in [6, 6.07) is 10.4. The summed E-state index contributed by atoms with van der Waals surface area (Å²) in [6.45, 7) is 3.17. The molecule has 100 valence electrons. The van der Waals surface area contributed by atoms with Crippen LogP contribution in [-0.4, -0.2) is 18.1 Å². The number of nitrogens with two attached hydrogens (primary N) is 1. The molecule has 0 aliphatic carbocycles. The average molecular weight is 256 g/mol. The summed E-state index contributed by atoms with van der Waals surface area (Å²) in [5.74, 6) is 0.988. The monoisotopic (exact) mass is 256 g/mol. The molecule has 1 aromatic heterocycles. The van der Waals surface area contributed by atoms with Gasteiger partial charge in [-0.25, -0.2) is 0 Å². The Bertz CT molecular complexity index is 511. The Morgan fingerprint density at radius 1 is 1.11 bits per heavy atom. The molecule has 19 heavy (non-hydrogen) atoms. The molecule has 1 aromatic carbocycles. The van der Waals surface area contributed by atoms with E-state index in [1.807, 2.05) is 12.4 Å². The lowest BCUT2D eigenvalue weighted by Crippen LogP contribution is -2.12. The van der Waals surface area contributed by atoms with Crippen LogP contribution in [0.2, 0.25) is 0 Å². The van der Waals surface area contributed by atoms with Crippen molar-refractivity contribution in [3.05, 3.63) is 59.4 Å². The second-order valence-electron chi connectivity index (χ2n) is 4.56. The second-order valence-corrected chi connectivity index (χ2v) is 4.56. The van der Waals surface area contributed by atoms with Gasteiger partial charge in [0.1, 0.15) is 12.4 Å². The fourth-order valence-corrected chi connectivity index (χ4v) is 2.11. The zero-order valence-electron chi connectivity index (χ0n) is 11.3. The zero-order valence-corrected chi connectivity index (χ0v) is 11.3. The van der Waals surface area contributed by atoms with Gasteiger partial charge in [-0.1, -0.05) is 18.2 Å². The zero-order chi connectivity index (χ0) is 13.5. The SMILES string of the molecule is Cc1cccc(CCc2ccncc2)c1OCCN. The van der Waals surface area contributed by atoms with Crippen molar-refractivity contribution in [3.8, 4) is 5.75 Å². The molecule has 2 aromatic rings. The molecule has 0 aliphatic heterocycles.